The second kappa shape index (κ2) is 16.2. The van der Waals surface area contributed by atoms with Crippen molar-refractivity contribution in [3.63, 3.8) is 0 Å². The first-order valence-electron chi connectivity index (χ1n) is 16.6. The molecule has 4 aromatic rings. The monoisotopic (exact) mass is 686 g/mol. The summed E-state index contributed by atoms with van der Waals surface area (Å²) in [5, 5.41) is 20.3. The summed E-state index contributed by atoms with van der Waals surface area (Å²) in [5.74, 6) is -0.349. The van der Waals surface area contributed by atoms with Crippen molar-refractivity contribution in [3.8, 4) is 22.5 Å². The SMILES string of the molecule is Cc1nc(C(=O)N[C@H]2CCNC2)ccc1-c1ccc(C[C@H](N)C(=O)N(C(=O)C2CCC(CN)CC2)c2ccc(-c3nn[nH]n3)cc2)cc1.Cl. The molecule has 3 heterocycles. The Balaban J connectivity index is 0.00000468. The van der Waals surface area contributed by atoms with Crippen molar-refractivity contribution in [2.75, 3.05) is 24.5 Å². The molecule has 0 spiro atoms. The number of anilines is 1. The first-order chi connectivity index (χ1) is 23.3. The number of nitrogens with two attached hydrogens (primary N) is 2. The van der Waals surface area contributed by atoms with Crippen LogP contribution in [0, 0.1) is 18.8 Å². The Morgan fingerprint density at radius 3 is 2.29 bits per heavy atom. The van der Waals surface area contributed by atoms with Crippen LogP contribution >= 0.6 is 12.4 Å². The Morgan fingerprint density at radius 1 is 0.959 bits per heavy atom. The average molecular weight is 687 g/mol. The molecule has 2 atom stereocenters. The van der Waals surface area contributed by atoms with Crippen molar-refractivity contribution in [3.05, 3.63) is 77.6 Å². The summed E-state index contributed by atoms with van der Waals surface area (Å²) >= 11 is 0. The van der Waals surface area contributed by atoms with E-state index in [1.807, 2.05) is 37.3 Å². The Bertz CT molecular complexity index is 1720. The second-order valence-electron chi connectivity index (χ2n) is 12.7. The average Bonchev–Trinajstić information content (AvgIpc) is 3.84. The van der Waals surface area contributed by atoms with Crippen molar-refractivity contribution in [2.45, 2.75) is 57.5 Å². The number of rotatable bonds is 10. The van der Waals surface area contributed by atoms with Crippen LogP contribution in [0.3, 0.4) is 0 Å². The van der Waals surface area contributed by atoms with Gasteiger partial charge in [0.15, 0.2) is 0 Å². The number of aryl methyl sites for hydroxylation is 1. The zero-order valence-electron chi connectivity index (χ0n) is 27.5. The van der Waals surface area contributed by atoms with E-state index in [9.17, 15) is 14.4 Å². The number of amides is 3. The molecular formula is C35H43ClN10O3. The second-order valence-corrected chi connectivity index (χ2v) is 12.7. The lowest BCUT2D eigenvalue weighted by atomic mass is 9.81. The van der Waals surface area contributed by atoms with Crippen LogP contribution in [0.5, 0.6) is 0 Å². The molecule has 6 rings (SSSR count). The smallest absolute Gasteiger partial charge is 0.270 e. The van der Waals surface area contributed by atoms with Gasteiger partial charge in [0.25, 0.3) is 11.8 Å². The minimum absolute atomic E-state index is 0. The molecule has 3 amide bonds. The maximum absolute atomic E-state index is 14.0. The molecule has 14 heteroatoms. The lowest BCUT2D eigenvalue weighted by molar-refractivity contribution is -0.130. The van der Waals surface area contributed by atoms with Gasteiger partial charge in [0, 0.05) is 35.3 Å². The first-order valence-corrected chi connectivity index (χ1v) is 16.6. The summed E-state index contributed by atoms with van der Waals surface area (Å²) in [6, 6.07) is 17.5. The topological polar surface area (TPSA) is 198 Å². The van der Waals surface area contributed by atoms with Crippen LogP contribution in [-0.2, 0) is 16.0 Å². The van der Waals surface area contributed by atoms with Gasteiger partial charge in [-0.05, 0) is 111 Å². The van der Waals surface area contributed by atoms with E-state index in [1.54, 1.807) is 30.3 Å². The summed E-state index contributed by atoms with van der Waals surface area (Å²) in [7, 11) is 0. The van der Waals surface area contributed by atoms with Gasteiger partial charge >= 0.3 is 0 Å². The molecule has 7 N–H and O–H groups in total. The van der Waals surface area contributed by atoms with E-state index in [4.69, 9.17) is 11.5 Å². The van der Waals surface area contributed by atoms with Crippen molar-refractivity contribution in [2.24, 2.45) is 23.3 Å². The maximum atomic E-state index is 14.0. The van der Waals surface area contributed by atoms with Gasteiger partial charge in [0.05, 0.1) is 11.7 Å². The van der Waals surface area contributed by atoms with Gasteiger partial charge in [0.1, 0.15) is 5.69 Å². The van der Waals surface area contributed by atoms with E-state index < -0.39 is 11.9 Å². The van der Waals surface area contributed by atoms with Gasteiger partial charge < -0.3 is 22.1 Å². The molecule has 13 nitrogen and oxygen atoms in total. The summed E-state index contributed by atoms with van der Waals surface area (Å²) in [6.45, 7) is 4.15. The Labute approximate surface area is 291 Å². The zero-order chi connectivity index (χ0) is 33.6. The molecule has 1 aliphatic heterocycles. The third kappa shape index (κ3) is 8.36. The van der Waals surface area contributed by atoms with E-state index in [2.05, 4.69) is 36.2 Å². The molecule has 49 heavy (non-hydrogen) atoms. The number of aromatic nitrogens is 5. The molecule has 2 aromatic heterocycles. The third-order valence-corrected chi connectivity index (χ3v) is 9.45. The molecule has 2 fully saturated rings. The lowest BCUT2D eigenvalue weighted by Crippen LogP contribution is -2.50. The third-order valence-electron chi connectivity index (χ3n) is 9.45. The van der Waals surface area contributed by atoms with Crippen LogP contribution in [0.15, 0.2) is 60.7 Å². The van der Waals surface area contributed by atoms with E-state index in [0.29, 0.717) is 48.1 Å². The van der Waals surface area contributed by atoms with Crippen LogP contribution in [0.1, 0.15) is 53.8 Å². The fraction of sp³-hybridized carbons (Fsp3) is 0.400. The van der Waals surface area contributed by atoms with Crippen LogP contribution in [0.4, 0.5) is 5.69 Å². The van der Waals surface area contributed by atoms with Gasteiger partial charge in [-0.15, -0.1) is 22.6 Å². The summed E-state index contributed by atoms with van der Waals surface area (Å²) in [5.41, 5.74) is 17.4. The molecule has 1 aliphatic carbocycles. The van der Waals surface area contributed by atoms with E-state index in [-0.39, 0.29) is 42.6 Å². The van der Waals surface area contributed by atoms with Gasteiger partial charge in [-0.3, -0.25) is 14.4 Å². The summed E-state index contributed by atoms with van der Waals surface area (Å²) < 4.78 is 0. The predicted molar refractivity (Wildman–Crippen MR) is 189 cm³/mol. The predicted octanol–water partition coefficient (Wildman–Crippen LogP) is 2.95. The maximum Gasteiger partial charge on any atom is 0.270 e. The molecular weight excluding hydrogens is 644 g/mol. The summed E-state index contributed by atoms with van der Waals surface area (Å²) in [4.78, 5) is 46.4. The molecule has 1 saturated carbocycles. The fourth-order valence-electron chi connectivity index (χ4n) is 6.59. The van der Waals surface area contributed by atoms with Crippen molar-refractivity contribution >= 4 is 35.8 Å². The molecule has 258 valence electrons. The van der Waals surface area contributed by atoms with Crippen molar-refractivity contribution in [1.29, 1.82) is 0 Å². The number of benzene rings is 2. The number of nitrogens with zero attached hydrogens (tertiary/aromatic N) is 5. The molecule has 0 unspecified atom stereocenters. The highest BCUT2D eigenvalue weighted by Crippen LogP contribution is 2.32. The highest BCUT2D eigenvalue weighted by molar-refractivity contribution is 6.17. The van der Waals surface area contributed by atoms with Crippen LogP contribution < -0.4 is 27.0 Å². The Kier molecular flexibility index (Phi) is 11.8. The van der Waals surface area contributed by atoms with Crippen LogP contribution in [0.25, 0.3) is 22.5 Å². The van der Waals surface area contributed by atoms with E-state index in [1.165, 1.54) is 4.90 Å². The number of tetrazole rings is 1. The van der Waals surface area contributed by atoms with Gasteiger partial charge in [-0.2, -0.15) is 5.21 Å². The number of aromatic amines is 1. The quantitative estimate of drug-likeness (QED) is 0.165. The number of carbonyl (C=O) groups excluding carboxylic acids is 3. The van der Waals surface area contributed by atoms with Gasteiger partial charge in [-0.1, -0.05) is 30.3 Å². The van der Waals surface area contributed by atoms with Gasteiger partial charge in [0.2, 0.25) is 11.7 Å². The molecule has 0 bridgehead atoms. The largest absolute Gasteiger partial charge is 0.347 e. The summed E-state index contributed by atoms with van der Waals surface area (Å²) in [6.07, 6.45) is 4.22. The number of halogens is 1. The normalized spacial score (nSPS) is 19.4. The number of hydrogen-bond acceptors (Lipinski definition) is 10. The number of hydrogen-bond donors (Lipinski definition) is 5. The highest BCUT2D eigenvalue weighted by atomic mass is 35.5. The van der Waals surface area contributed by atoms with Crippen LogP contribution in [-0.4, -0.2) is 75.0 Å². The van der Waals surface area contributed by atoms with Crippen molar-refractivity contribution in [1.82, 2.24) is 36.2 Å². The number of carbonyl (C=O) groups is 3. The standard InChI is InChI=1S/C35H42N10O3.ClH/c1-21-29(14-15-31(39-21)33(46)40-27-16-17-38-20-27)24-6-2-22(3-7-24)18-30(37)35(48)45(34(47)26-8-4-23(19-36)5-9-26)28-12-10-25(11-13-28)32-41-43-44-42-32;/h2-3,6-7,10-15,23,26-27,30,38H,4-5,8-9,16-20,36-37H2,1H3,(H,40,46)(H,41,42,43,44);1H/t23?,26?,27-,30-;/m0./s1. The number of imide groups is 1. The zero-order valence-corrected chi connectivity index (χ0v) is 28.3. The van der Waals surface area contributed by atoms with Crippen molar-refractivity contribution < 1.29 is 14.4 Å². The fourth-order valence-corrected chi connectivity index (χ4v) is 6.59. The van der Waals surface area contributed by atoms with E-state index >= 15 is 0 Å². The first kappa shape index (κ1) is 35.7. The highest BCUT2D eigenvalue weighted by Gasteiger charge is 2.35. The number of pyridine rings is 1. The molecule has 2 aromatic carbocycles. The molecule has 2 aliphatic rings. The Hall–Kier alpha value is -4.56. The van der Waals surface area contributed by atoms with E-state index in [0.717, 1.165) is 54.7 Å². The minimum Gasteiger partial charge on any atom is -0.347 e. The molecule has 0 radical (unpaired) electrons. The van der Waals surface area contributed by atoms with Crippen LogP contribution in [0.2, 0.25) is 0 Å². The molecule has 1 saturated heterocycles. The lowest BCUT2D eigenvalue weighted by Gasteiger charge is -2.32. The van der Waals surface area contributed by atoms with Gasteiger partial charge in [-0.25, -0.2) is 9.88 Å². The number of nitrogens with one attached hydrogen (secondary N) is 3. The number of H-pyrrole nitrogens is 1. The minimum atomic E-state index is -0.951. The Morgan fingerprint density at radius 2 is 1.67 bits per heavy atom.